The lowest BCUT2D eigenvalue weighted by atomic mass is 9.96. The van der Waals surface area contributed by atoms with Crippen LogP contribution in [0.1, 0.15) is 37.3 Å². The Morgan fingerprint density at radius 1 is 1.29 bits per heavy atom. The molecule has 0 N–H and O–H groups in total. The highest BCUT2D eigenvalue weighted by Crippen LogP contribution is 2.43. The van der Waals surface area contributed by atoms with E-state index < -0.39 is 0 Å². The van der Waals surface area contributed by atoms with Crippen molar-refractivity contribution in [3.8, 4) is 0 Å². The van der Waals surface area contributed by atoms with Crippen molar-refractivity contribution in [2.75, 3.05) is 13.7 Å². The Morgan fingerprint density at radius 3 is 2.71 bits per heavy atom. The fourth-order valence-corrected chi connectivity index (χ4v) is 2.75. The highest BCUT2D eigenvalue weighted by molar-refractivity contribution is 5.80. The predicted molar refractivity (Wildman–Crippen MR) is 73.1 cm³/mol. The van der Waals surface area contributed by atoms with Gasteiger partial charge in [-0.25, -0.2) is 0 Å². The fourth-order valence-electron chi connectivity index (χ4n) is 2.75. The zero-order chi connectivity index (χ0) is 12.3. The number of allylic oxidation sites excluding steroid dienone is 3. The van der Waals surface area contributed by atoms with Crippen molar-refractivity contribution in [2.24, 2.45) is 0 Å². The summed E-state index contributed by atoms with van der Waals surface area (Å²) >= 11 is 0. The Balaban J connectivity index is 2.53. The van der Waals surface area contributed by atoms with Gasteiger partial charge in [0.1, 0.15) is 0 Å². The molecule has 1 atom stereocenters. The molecule has 0 saturated heterocycles. The second-order valence-corrected chi connectivity index (χ2v) is 4.38. The fraction of sp³-hybridized carbons (Fsp3) is 0.375. The number of fused-ring (bicyclic) bond motifs is 1. The van der Waals surface area contributed by atoms with E-state index in [2.05, 4.69) is 50.3 Å². The standard InChI is InChI=1S/C16H20O/c1-4-8-13-12(5-2)14-9-6-7-10-15(14)16(13)11-17-3/h4,6-10,16H,5,11H2,1-3H3/b8-4-. The molecule has 0 bridgehead atoms. The van der Waals surface area contributed by atoms with Crippen molar-refractivity contribution >= 4 is 5.57 Å². The van der Waals surface area contributed by atoms with Crippen molar-refractivity contribution < 1.29 is 4.74 Å². The summed E-state index contributed by atoms with van der Waals surface area (Å²) in [5.74, 6) is 0.405. The minimum atomic E-state index is 0.405. The normalized spacial score (nSPS) is 19.1. The average molecular weight is 228 g/mol. The number of rotatable bonds is 4. The van der Waals surface area contributed by atoms with Gasteiger partial charge in [0.25, 0.3) is 0 Å². The van der Waals surface area contributed by atoms with Crippen LogP contribution in [0.3, 0.4) is 0 Å². The average Bonchev–Trinajstić information content (AvgIpc) is 2.65. The molecule has 0 aliphatic heterocycles. The molecule has 0 spiro atoms. The molecule has 1 aromatic rings. The van der Waals surface area contributed by atoms with E-state index in [0.717, 1.165) is 13.0 Å². The van der Waals surface area contributed by atoms with Gasteiger partial charge in [0.05, 0.1) is 6.61 Å². The molecular weight excluding hydrogens is 208 g/mol. The number of benzene rings is 1. The van der Waals surface area contributed by atoms with E-state index in [1.807, 2.05) is 0 Å². The summed E-state index contributed by atoms with van der Waals surface area (Å²) in [6.45, 7) is 5.07. The van der Waals surface area contributed by atoms with Gasteiger partial charge in [0.15, 0.2) is 0 Å². The van der Waals surface area contributed by atoms with Gasteiger partial charge >= 0.3 is 0 Å². The first-order valence-corrected chi connectivity index (χ1v) is 6.27. The van der Waals surface area contributed by atoms with Gasteiger partial charge in [-0.15, -0.1) is 0 Å². The lowest BCUT2D eigenvalue weighted by Gasteiger charge is -2.13. The number of hydrogen-bond acceptors (Lipinski definition) is 1. The van der Waals surface area contributed by atoms with Crippen LogP contribution in [-0.2, 0) is 4.74 Å². The van der Waals surface area contributed by atoms with E-state index in [1.54, 1.807) is 7.11 Å². The maximum absolute atomic E-state index is 5.38. The molecule has 1 nitrogen and oxygen atoms in total. The smallest absolute Gasteiger partial charge is 0.0572 e. The third-order valence-corrected chi connectivity index (χ3v) is 3.42. The molecule has 1 aliphatic carbocycles. The van der Waals surface area contributed by atoms with Crippen LogP contribution in [-0.4, -0.2) is 13.7 Å². The van der Waals surface area contributed by atoms with Crippen molar-refractivity contribution in [1.82, 2.24) is 0 Å². The van der Waals surface area contributed by atoms with Gasteiger partial charge in [0.2, 0.25) is 0 Å². The Labute approximate surface area is 104 Å². The monoisotopic (exact) mass is 228 g/mol. The summed E-state index contributed by atoms with van der Waals surface area (Å²) in [5, 5.41) is 0. The maximum Gasteiger partial charge on any atom is 0.0572 e. The molecule has 1 heteroatoms. The molecule has 1 aromatic carbocycles. The van der Waals surface area contributed by atoms with Crippen molar-refractivity contribution in [3.05, 3.63) is 53.1 Å². The summed E-state index contributed by atoms with van der Waals surface area (Å²) < 4.78 is 5.38. The predicted octanol–water partition coefficient (Wildman–Crippen LogP) is 4.17. The first kappa shape index (κ1) is 12.1. The topological polar surface area (TPSA) is 9.23 Å². The van der Waals surface area contributed by atoms with Crippen LogP contribution >= 0.6 is 0 Å². The van der Waals surface area contributed by atoms with Crippen LogP contribution in [0.5, 0.6) is 0 Å². The Morgan fingerprint density at radius 2 is 2.06 bits per heavy atom. The summed E-state index contributed by atoms with van der Waals surface area (Å²) in [6.07, 6.45) is 5.44. The van der Waals surface area contributed by atoms with Gasteiger partial charge in [-0.2, -0.15) is 0 Å². The van der Waals surface area contributed by atoms with Gasteiger partial charge in [-0.1, -0.05) is 43.3 Å². The first-order valence-electron chi connectivity index (χ1n) is 6.27. The molecule has 17 heavy (non-hydrogen) atoms. The van der Waals surface area contributed by atoms with E-state index in [9.17, 15) is 0 Å². The van der Waals surface area contributed by atoms with Crippen molar-refractivity contribution in [3.63, 3.8) is 0 Å². The molecule has 1 unspecified atom stereocenters. The van der Waals surface area contributed by atoms with E-state index in [1.165, 1.54) is 22.3 Å². The van der Waals surface area contributed by atoms with E-state index in [0.29, 0.717) is 5.92 Å². The summed E-state index contributed by atoms with van der Waals surface area (Å²) in [6, 6.07) is 8.70. The van der Waals surface area contributed by atoms with Gasteiger partial charge in [-0.3, -0.25) is 0 Å². The molecule has 0 amide bonds. The molecule has 0 fully saturated rings. The Hall–Kier alpha value is -1.34. The van der Waals surface area contributed by atoms with E-state index in [4.69, 9.17) is 4.74 Å². The van der Waals surface area contributed by atoms with Crippen LogP contribution in [0.15, 0.2) is 42.0 Å². The van der Waals surface area contributed by atoms with Gasteiger partial charge in [0, 0.05) is 13.0 Å². The van der Waals surface area contributed by atoms with Gasteiger partial charge in [-0.05, 0) is 35.6 Å². The molecule has 2 rings (SSSR count). The second-order valence-electron chi connectivity index (χ2n) is 4.38. The summed E-state index contributed by atoms with van der Waals surface area (Å²) in [4.78, 5) is 0. The lowest BCUT2D eigenvalue weighted by molar-refractivity contribution is 0.190. The summed E-state index contributed by atoms with van der Waals surface area (Å²) in [5.41, 5.74) is 5.73. The number of hydrogen-bond donors (Lipinski definition) is 0. The highest BCUT2D eigenvalue weighted by Gasteiger charge is 2.28. The summed E-state index contributed by atoms with van der Waals surface area (Å²) in [7, 11) is 1.78. The third kappa shape index (κ3) is 2.07. The molecule has 0 heterocycles. The molecular formula is C16H20O. The van der Waals surface area contributed by atoms with Crippen LogP contribution in [0.2, 0.25) is 0 Å². The minimum absolute atomic E-state index is 0.405. The third-order valence-electron chi connectivity index (χ3n) is 3.42. The lowest BCUT2D eigenvalue weighted by Crippen LogP contribution is -2.05. The Kier molecular flexibility index (Phi) is 3.80. The number of methoxy groups -OCH3 is 1. The van der Waals surface area contributed by atoms with Crippen molar-refractivity contribution in [2.45, 2.75) is 26.2 Å². The zero-order valence-corrected chi connectivity index (χ0v) is 10.9. The Bertz CT molecular complexity index is 454. The van der Waals surface area contributed by atoms with Crippen LogP contribution in [0, 0.1) is 0 Å². The molecule has 0 saturated carbocycles. The zero-order valence-electron chi connectivity index (χ0n) is 10.9. The highest BCUT2D eigenvalue weighted by atomic mass is 16.5. The molecule has 0 aromatic heterocycles. The number of ether oxygens (including phenoxy) is 1. The van der Waals surface area contributed by atoms with Gasteiger partial charge < -0.3 is 4.74 Å². The van der Waals surface area contributed by atoms with Crippen LogP contribution in [0.25, 0.3) is 5.57 Å². The van der Waals surface area contributed by atoms with Crippen LogP contribution in [0.4, 0.5) is 0 Å². The van der Waals surface area contributed by atoms with Crippen molar-refractivity contribution in [1.29, 1.82) is 0 Å². The molecule has 0 radical (unpaired) electrons. The quantitative estimate of drug-likeness (QED) is 0.751. The second kappa shape index (κ2) is 5.33. The maximum atomic E-state index is 5.38. The molecule has 1 aliphatic rings. The molecule has 90 valence electrons. The first-order chi connectivity index (χ1) is 8.33. The van der Waals surface area contributed by atoms with E-state index >= 15 is 0 Å². The largest absolute Gasteiger partial charge is 0.384 e. The SMILES string of the molecule is C/C=C\C1=C(CC)c2ccccc2C1COC. The van der Waals surface area contributed by atoms with E-state index in [-0.39, 0.29) is 0 Å². The van der Waals surface area contributed by atoms with Crippen LogP contribution < -0.4 is 0 Å². The minimum Gasteiger partial charge on any atom is -0.384 e.